The lowest BCUT2D eigenvalue weighted by Crippen LogP contribution is -2.40. The Morgan fingerprint density at radius 2 is 2.06 bits per heavy atom. The summed E-state index contributed by atoms with van der Waals surface area (Å²) in [6.45, 7) is 9.12. The van der Waals surface area contributed by atoms with Gasteiger partial charge in [0.15, 0.2) is 0 Å². The molecule has 0 saturated carbocycles. The van der Waals surface area contributed by atoms with E-state index in [0.717, 1.165) is 25.3 Å². The van der Waals surface area contributed by atoms with Gasteiger partial charge in [-0.1, -0.05) is 6.07 Å². The van der Waals surface area contributed by atoms with Crippen molar-refractivity contribution in [2.24, 2.45) is 0 Å². The van der Waals surface area contributed by atoms with Crippen molar-refractivity contribution in [2.45, 2.75) is 32.9 Å². The van der Waals surface area contributed by atoms with Crippen LogP contribution in [0.15, 0.2) is 23.0 Å². The Balaban J connectivity index is 2.35. The van der Waals surface area contributed by atoms with Crippen LogP contribution in [0.1, 0.15) is 26.5 Å². The molecule has 1 heterocycles. The second-order valence-corrected chi connectivity index (χ2v) is 5.45. The van der Waals surface area contributed by atoms with Crippen LogP contribution in [0.25, 0.3) is 0 Å². The third-order valence-electron chi connectivity index (χ3n) is 2.42. The Kier molecular flexibility index (Phi) is 4.90. The van der Waals surface area contributed by atoms with Crippen LogP contribution in [0.2, 0.25) is 0 Å². The molecule has 17 heavy (non-hydrogen) atoms. The average molecular weight is 237 g/mol. The first-order valence-electron chi connectivity index (χ1n) is 5.98. The number of nitrogens with zero attached hydrogens (tertiary/aromatic N) is 1. The van der Waals surface area contributed by atoms with Crippen molar-refractivity contribution in [2.75, 3.05) is 20.1 Å². The molecule has 0 unspecified atom stereocenters. The molecule has 0 aliphatic carbocycles. The Labute approximate surface area is 103 Å². The van der Waals surface area contributed by atoms with Gasteiger partial charge in [0.2, 0.25) is 5.56 Å². The maximum atomic E-state index is 11.1. The van der Waals surface area contributed by atoms with E-state index >= 15 is 0 Å². The van der Waals surface area contributed by atoms with E-state index in [1.54, 1.807) is 6.07 Å². The summed E-state index contributed by atoms with van der Waals surface area (Å²) in [5.74, 6) is 0. The number of pyridine rings is 1. The van der Waals surface area contributed by atoms with Gasteiger partial charge in [-0.15, -0.1) is 0 Å². The van der Waals surface area contributed by atoms with E-state index in [4.69, 9.17) is 0 Å². The Bertz CT molecular complexity index is 392. The van der Waals surface area contributed by atoms with Gasteiger partial charge in [-0.05, 0) is 33.9 Å². The predicted octanol–water partition coefficient (Wildman–Crippen LogP) is 1.19. The third kappa shape index (κ3) is 6.24. The zero-order chi connectivity index (χ0) is 12.9. The van der Waals surface area contributed by atoms with Crippen LogP contribution in [0, 0.1) is 0 Å². The van der Waals surface area contributed by atoms with E-state index in [0.29, 0.717) is 0 Å². The van der Waals surface area contributed by atoms with Gasteiger partial charge in [-0.2, -0.15) is 0 Å². The molecule has 0 aliphatic rings. The summed E-state index contributed by atoms with van der Waals surface area (Å²) in [5.41, 5.74) is 1.07. The summed E-state index contributed by atoms with van der Waals surface area (Å²) >= 11 is 0. The van der Waals surface area contributed by atoms with Crippen molar-refractivity contribution < 1.29 is 0 Å². The van der Waals surface area contributed by atoms with Crippen LogP contribution < -0.4 is 10.9 Å². The molecule has 1 aromatic heterocycles. The number of likely N-dealkylation sites (N-methyl/N-ethyl adjacent to an activating group) is 1. The van der Waals surface area contributed by atoms with E-state index < -0.39 is 0 Å². The van der Waals surface area contributed by atoms with Gasteiger partial charge in [-0.3, -0.25) is 9.69 Å². The molecule has 0 aromatic carbocycles. The topological polar surface area (TPSA) is 48.1 Å². The molecule has 0 radical (unpaired) electrons. The fraction of sp³-hybridized carbons (Fsp3) is 0.615. The van der Waals surface area contributed by atoms with Gasteiger partial charge in [0.25, 0.3) is 0 Å². The minimum absolute atomic E-state index is 0.0382. The molecular formula is C13H23N3O. The summed E-state index contributed by atoms with van der Waals surface area (Å²) in [4.78, 5) is 16.1. The summed E-state index contributed by atoms with van der Waals surface area (Å²) in [5, 5.41) is 3.44. The predicted molar refractivity (Wildman–Crippen MR) is 71.2 cm³/mol. The zero-order valence-corrected chi connectivity index (χ0v) is 11.2. The number of H-pyrrole nitrogens is 1. The number of aromatic nitrogens is 1. The van der Waals surface area contributed by atoms with Crippen molar-refractivity contribution >= 4 is 0 Å². The highest BCUT2D eigenvalue weighted by molar-refractivity contribution is 5.03. The fourth-order valence-corrected chi connectivity index (χ4v) is 1.58. The van der Waals surface area contributed by atoms with E-state index in [2.05, 4.69) is 43.0 Å². The highest BCUT2D eigenvalue weighted by Crippen LogP contribution is 1.99. The lowest BCUT2D eigenvalue weighted by molar-refractivity contribution is 0.300. The molecule has 2 N–H and O–H groups in total. The van der Waals surface area contributed by atoms with Gasteiger partial charge in [0.05, 0.1) is 0 Å². The molecule has 0 fully saturated rings. The number of hydrogen-bond acceptors (Lipinski definition) is 3. The highest BCUT2D eigenvalue weighted by Gasteiger charge is 2.08. The van der Waals surface area contributed by atoms with Crippen molar-refractivity contribution in [3.05, 3.63) is 34.2 Å². The normalized spacial score (nSPS) is 12.1. The van der Waals surface area contributed by atoms with Crippen molar-refractivity contribution in [3.63, 3.8) is 0 Å². The largest absolute Gasteiger partial charge is 0.325 e. The summed E-state index contributed by atoms with van der Waals surface area (Å²) in [6.07, 6.45) is 0. The van der Waals surface area contributed by atoms with Gasteiger partial charge >= 0.3 is 0 Å². The Morgan fingerprint density at radius 3 is 2.65 bits per heavy atom. The van der Waals surface area contributed by atoms with Crippen LogP contribution in [-0.4, -0.2) is 35.6 Å². The van der Waals surface area contributed by atoms with Crippen LogP contribution in [0.5, 0.6) is 0 Å². The first-order chi connectivity index (χ1) is 7.87. The molecule has 0 aliphatic heterocycles. The van der Waals surface area contributed by atoms with Crippen molar-refractivity contribution in [1.29, 1.82) is 0 Å². The molecule has 4 heteroatoms. The van der Waals surface area contributed by atoms with Gasteiger partial charge in [0.1, 0.15) is 0 Å². The SMILES string of the molecule is CN(CCNC(C)(C)C)Cc1cccc(=O)[nH]1. The summed E-state index contributed by atoms with van der Waals surface area (Å²) in [7, 11) is 2.05. The first-order valence-corrected chi connectivity index (χ1v) is 5.98. The van der Waals surface area contributed by atoms with Gasteiger partial charge < -0.3 is 10.3 Å². The second kappa shape index (κ2) is 5.98. The smallest absolute Gasteiger partial charge is 0.248 e. The molecule has 0 spiro atoms. The quantitative estimate of drug-likeness (QED) is 0.809. The number of rotatable bonds is 5. The lowest BCUT2D eigenvalue weighted by atomic mass is 10.1. The number of nitrogens with one attached hydrogen (secondary N) is 2. The number of aromatic amines is 1. The average Bonchev–Trinajstić information content (AvgIpc) is 2.15. The molecule has 1 aromatic rings. The molecule has 0 atom stereocenters. The van der Waals surface area contributed by atoms with E-state index in [1.807, 2.05) is 6.07 Å². The third-order valence-corrected chi connectivity index (χ3v) is 2.42. The Hall–Kier alpha value is -1.13. The van der Waals surface area contributed by atoms with Crippen LogP contribution >= 0.6 is 0 Å². The molecule has 0 bridgehead atoms. The van der Waals surface area contributed by atoms with Crippen molar-refractivity contribution in [3.8, 4) is 0 Å². The minimum atomic E-state index is -0.0382. The molecule has 0 amide bonds. The molecular weight excluding hydrogens is 214 g/mol. The van der Waals surface area contributed by atoms with Crippen LogP contribution in [0.3, 0.4) is 0 Å². The van der Waals surface area contributed by atoms with Crippen molar-refractivity contribution in [1.82, 2.24) is 15.2 Å². The van der Waals surface area contributed by atoms with E-state index in [9.17, 15) is 4.79 Å². The van der Waals surface area contributed by atoms with E-state index in [-0.39, 0.29) is 11.1 Å². The fourth-order valence-electron chi connectivity index (χ4n) is 1.58. The minimum Gasteiger partial charge on any atom is -0.325 e. The van der Waals surface area contributed by atoms with Gasteiger partial charge in [-0.25, -0.2) is 0 Å². The molecule has 0 saturated heterocycles. The first kappa shape index (κ1) is 13.9. The van der Waals surface area contributed by atoms with Gasteiger partial charge in [0, 0.05) is 36.9 Å². The lowest BCUT2D eigenvalue weighted by Gasteiger charge is -2.23. The molecule has 1 rings (SSSR count). The zero-order valence-electron chi connectivity index (χ0n) is 11.2. The van der Waals surface area contributed by atoms with Crippen LogP contribution in [-0.2, 0) is 6.54 Å². The molecule has 96 valence electrons. The number of hydrogen-bond donors (Lipinski definition) is 2. The van der Waals surface area contributed by atoms with E-state index in [1.165, 1.54) is 6.07 Å². The standard InChI is InChI=1S/C13H23N3O/c1-13(2,3)14-8-9-16(4)10-11-6-5-7-12(17)15-11/h5-7,14H,8-10H2,1-4H3,(H,15,17). The Morgan fingerprint density at radius 1 is 1.35 bits per heavy atom. The highest BCUT2D eigenvalue weighted by atomic mass is 16.1. The summed E-state index contributed by atoms with van der Waals surface area (Å²) in [6, 6.07) is 5.26. The maximum Gasteiger partial charge on any atom is 0.248 e. The maximum absolute atomic E-state index is 11.1. The summed E-state index contributed by atoms with van der Waals surface area (Å²) < 4.78 is 0. The monoisotopic (exact) mass is 237 g/mol. The second-order valence-electron chi connectivity index (χ2n) is 5.45. The van der Waals surface area contributed by atoms with Crippen LogP contribution in [0.4, 0.5) is 0 Å². The molecule has 4 nitrogen and oxygen atoms in total.